The summed E-state index contributed by atoms with van der Waals surface area (Å²) >= 11 is 0. The van der Waals surface area contributed by atoms with E-state index in [-0.39, 0.29) is 16.2 Å². The van der Waals surface area contributed by atoms with E-state index in [1.807, 2.05) is 0 Å². The first-order chi connectivity index (χ1) is 40.1. The first-order valence-corrected chi connectivity index (χ1v) is 29.5. The van der Waals surface area contributed by atoms with Gasteiger partial charge in [-0.05, 0) is 151 Å². The lowest BCUT2D eigenvalue weighted by molar-refractivity contribution is 0.591. The number of nitrogens with zero attached hydrogens (tertiary/aromatic N) is 2. The van der Waals surface area contributed by atoms with Crippen LogP contribution in [0.15, 0.2) is 221 Å². The maximum atomic E-state index is 7.15. The van der Waals surface area contributed by atoms with Crippen LogP contribution in [-0.2, 0) is 21.7 Å². The fourth-order valence-electron chi connectivity index (χ4n) is 15.9. The Morgan fingerprint density at radius 2 is 0.867 bits per heavy atom. The van der Waals surface area contributed by atoms with Crippen LogP contribution in [-0.4, -0.2) is 4.57 Å². The third kappa shape index (κ3) is 6.36. The molecule has 11 aromatic carbocycles. The van der Waals surface area contributed by atoms with E-state index in [9.17, 15) is 0 Å². The van der Waals surface area contributed by atoms with E-state index in [4.69, 9.17) is 8.83 Å². The summed E-state index contributed by atoms with van der Waals surface area (Å²) in [6, 6.07) is 79.1. The minimum atomic E-state index is -0.393. The van der Waals surface area contributed by atoms with Crippen molar-refractivity contribution < 1.29 is 8.83 Å². The number of para-hydroxylation sites is 4. The number of furan rings is 2. The SMILES string of the molecule is CC(C)(C)c1ccccc1-c1cc2c(c3c1oc1ccccc13)-c1ccc(N(c3ccc4c(c3)C(C)(C)c3c5c(c6c(oc7ccccc76)c3-4)-c3ccccc3C5(C)C)c3ccc4c5ccccc5n(-c5ccccc5)c4c3)cc1C2(C)C. The van der Waals surface area contributed by atoms with E-state index >= 15 is 0 Å². The Labute approximate surface area is 483 Å². The van der Waals surface area contributed by atoms with Gasteiger partial charge in [0.2, 0.25) is 0 Å². The summed E-state index contributed by atoms with van der Waals surface area (Å²) in [6.07, 6.45) is 0. The van der Waals surface area contributed by atoms with E-state index in [0.717, 1.165) is 61.5 Å². The van der Waals surface area contributed by atoms with Gasteiger partial charge in [-0.1, -0.05) is 202 Å². The third-order valence-corrected chi connectivity index (χ3v) is 19.6. The van der Waals surface area contributed by atoms with Gasteiger partial charge in [0.1, 0.15) is 22.3 Å². The second kappa shape index (κ2) is 16.4. The number of fused-ring (bicyclic) bond motifs is 22. The second-order valence-electron chi connectivity index (χ2n) is 26.4. The van der Waals surface area contributed by atoms with Crippen LogP contribution in [0.25, 0.3) is 116 Å². The molecule has 0 N–H and O–H groups in total. The Morgan fingerprint density at radius 1 is 0.361 bits per heavy atom. The molecule has 0 fully saturated rings. The molecule has 4 heteroatoms. The number of anilines is 3. The topological polar surface area (TPSA) is 34.5 Å². The number of hydrogen-bond acceptors (Lipinski definition) is 3. The highest BCUT2D eigenvalue weighted by Gasteiger charge is 2.49. The molecule has 0 radical (unpaired) electrons. The van der Waals surface area contributed by atoms with Crippen molar-refractivity contribution in [2.24, 2.45) is 0 Å². The fraction of sp³-hybridized carbons (Fsp3) is 0.165. The van der Waals surface area contributed by atoms with E-state index in [1.54, 1.807) is 0 Å². The zero-order chi connectivity index (χ0) is 56.2. The van der Waals surface area contributed by atoms with Crippen molar-refractivity contribution in [2.75, 3.05) is 4.90 Å². The minimum Gasteiger partial charge on any atom is -0.455 e. The van der Waals surface area contributed by atoms with Crippen LogP contribution in [0.1, 0.15) is 101 Å². The van der Waals surface area contributed by atoms with Gasteiger partial charge >= 0.3 is 0 Å². The summed E-state index contributed by atoms with van der Waals surface area (Å²) in [5, 5.41) is 7.17. The van der Waals surface area contributed by atoms with Crippen LogP contribution < -0.4 is 4.90 Å². The van der Waals surface area contributed by atoms with Crippen molar-refractivity contribution in [3.63, 3.8) is 0 Å². The highest BCUT2D eigenvalue weighted by Crippen LogP contribution is 2.64. The molecule has 0 saturated heterocycles. The molecule has 400 valence electrons. The van der Waals surface area contributed by atoms with Crippen molar-refractivity contribution in [1.82, 2.24) is 4.57 Å². The molecule has 0 aliphatic heterocycles. The van der Waals surface area contributed by atoms with Crippen LogP contribution in [0, 0.1) is 0 Å². The van der Waals surface area contributed by atoms with Crippen molar-refractivity contribution in [3.8, 4) is 50.2 Å². The molecular formula is C79H62N2O2. The summed E-state index contributed by atoms with van der Waals surface area (Å²) in [4.78, 5) is 2.53. The summed E-state index contributed by atoms with van der Waals surface area (Å²) in [6.45, 7) is 21.6. The third-order valence-electron chi connectivity index (χ3n) is 19.6. The zero-order valence-electron chi connectivity index (χ0n) is 48.4. The average molecular weight is 1070 g/mol. The van der Waals surface area contributed by atoms with Crippen LogP contribution in [0.5, 0.6) is 0 Å². The Hall–Kier alpha value is -9.38. The van der Waals surface area contributed by atoms with Crippen molar-refractivity contribution in [1.29, 1.82) is 0 Å². The fourth-order valence-corrected chi connectivity index (χ4v) is 15.9. The first-order valence-electron chi connectivity index (χ1n) is 29.5. The predicted octanol–water partition coefficient (Wildman–Crippen LogP) is 21.9. The number of benzene rings is 11. The molecule has 17 rings (SSSR count). The van der Waals surface area contributed by atoms with Crippen LogP contribution >= 0.6 is 0 Å². The number of rotatable bonds is 5. The molecule has 4 nitrogen and oxygen atoms in total. The molecule has 0 saturated carbocycles. The van der Waals surface area contributed by atoms with E-state index in [1.165, 1.54) is 110 Å². The van der Waals surface area contributed by atoms with E-state index < -0.39 is 5.41 Å². The van der Waals surface area contributed by atoms with Gasteiger partial charge in [-0.3, -0.25) is 0 Å². The second-order valence-corrected chi connectivity index (χ2v) is 26.4. The van der Waals surface area contributed by atoms with Crippen LogP contribution in [0.3, 0.4) is 0 Å². The molecular weight excluding hydrogens is 1010 g/mol. The Balaban J connectivity index is 0.917. The van der Waals surface area contributed by atoms with Crippen LogP contribution in [0.2, 0.25) is 0 Å². The normalized spacial score (nSPS) is 15.1. The molecule has 0 amide bonds. The van der Waals surface area contributed by atoms with Gasteiger partial charge in [0.05, 0.1) is 11.0 Å². The molecule has 3 heterocycles. The van der Waals surface area contributed by atoms with Crippen LogP contribution in [0.4, 0.5) is 17.1 Å². The van der Waals surface area contributed by atoms with Gasteiger partial charge in [0.25, 0.3) is 0 Å². The molecule has 0 atom stereocenters. The standard InChI is InChI=1S/C79H62N2O2/c1-76(2,3)58-30-18-13-25-49(58)57-44-62-67(69-55-28-16-21-33-65(55)82-74(57)69)53-39-36-46(41-60(53)77(62,4)5)80(48-35-38-51-50-26-15-20-32-63(50)81(64(51)43-48)45-23-11-10-12-24-45)47-37-40-54-61(42-47)79(8,9)73-71(54)75-70(56-29-17-22-34-66(56)83-75)68-52-27-14-19-31-59(52)78(6,7)72(68)73/h10-44H,1-9H3. The van der Waals surface area contributed by atoms with Gasteiger partial charge in [-0.15, -0.1) is 0 Å². The lowest BCUT2D eigenvalue weighted by Crippen LogP contribution is -2.24. The molecule has 0 spiro atoms. The molecule has 83 heavy (non-hydrogen) atoms. The smallest absolute Gasteiger partial charge is 0.144 e. The van der Waals surface area contributed by atoms with Crippen molar-refractivity contribution in [3.05, 3.63) is 251 Å². The van der Waals surface area contributed by atoms with Gasteiger partial charge in [0.15, 0.2) is 0 Å². The first kappa shape index (κ1) is 48.3. The predicted molar refractivity (Wildman–Crippen MR) is 347 cm³/mol. The molecule has 3 aliphatic carbocycles. The maximum Gasteiger partial charge on any atom is 0.144 e. The quantitative estimate of drug-likeness (QED) is 0.172. The zero-order valence-corrected chi connectivity index (χ0v) is 48.4. The molecule has 0 unspecified atom stereocenters. The van der Waals surface area contributed by atoms with E-state index in [2.05, 4.69) is 284 Å². The van der Waals surface area contributed by atoms with Gasteiger partial charge in [0, 0.05) is 82.4 Å². The largest absolute Gasteiger partial charge is 0.455 e. The summed E-state index contributed by atoms with van der Waals surface area (Å²) in [7, 11) is 0. The lowest BCUT2D eigenvalue weighted by Gasteiger charge is -2.32. The van der Waals surface area contributed by atoms with Gasteiger partial charge in [-0.25, -0.2) is 0 Å². The Bertz CT molecular complexity index is 5160. The minimum absolute atomic E-state index is 0.0824. The van der Waals surface area contributed by atoms with Gasteiger partial charge in [-0.2, -0.15) is 0 Å². The summed E-state index contributed by atoms with van der Waals surface area (Å²) in [5.41, 5.74) is 28.7. The summed E-state index contributed by atoms with van der Waals surface area (Å²) in [5.74, 6) is 0. The summed E-state index contributed by atoms with van der Waals surface area (Å²) < 4.78 is 16.6. The van der Waals surface area contributed by atoms with Crippen molar-refractivity contribution in [2.45, 2.75) is 84.0 Å². The molecule has 3 aliphatic rings. The lowest BCUT2D eigenvalue weighted by atomic mass is 9.72. The van der Waals surface area contributed by atoms with Crippen molar-refractivity contribution >= 4 is 82.7 Å². The highest BCUT2D eigenvalue weighted by atomic mass is 16.3. The number of aromatic nitrogens is 1. The highest BCUT2D eigenvalue weighted by molar-refractivity contribution is 6.22. The number of hydrogen-bond donors (Lipinski definition) is 0. The molecule has 3 aromatic heterocycles. The van der Waals surface area contributed by atoms with E-state index in [0.29, 0.717) is 0 Å². The molecule has 0 bridgehead atoms. The average Bonchev–Trinajstić information content (AvgIpc) is 2.88. The Kier molecular flexibility index (Phi) is 9.56. The van der Waals surface area contributed by atoms with Gasteiger partial charge < -0.3 is 18.3 Å². The maximum absolute atomic E-state index is 7.15. The Morgan fingerprint density at radius 3 is 1.58 bits per heavy atom. The monoisotopic (exact) mass is 1070 g/mol. The molecule has 14 aromatic rings.